The molecule has 3 nitrogen and oxygen atoms in total. The molecule has 1 amide bonds. The summed E-state index contributed by atoms with van der Waals surface area (Å²) in [5.74, 6) is -1.19. The summed E-state index contributed by atoms with van der Waals surface area (Å²) in [6.45, 7) is 3.33. The monoisotopic (exact) mass is 306 g/mol. The fourth-order valence-electron chi connectivity index (χ4n) is 3.45. The minimum absolute atomic E-state index is 0.0313. The maximum absolute atomic E-state index is 12.8. The van der Waals surface area contributed by atoms with Gasteiger partial charge in [0.25, 0.3) is 0 Å². The standard InChI is InChI=1S/C15H25F3N2O/c1-11(14(21)20-8-3-2-4-9-20)19-13-7-5-6-12(10-13)15(16,17)18/h11-13,19H,2-10H2,1H3/t11-,12+,13+/m0/s1. The largest absolute Gasteiger partial charge is 0.391 e. The van der Waals surface area contributed by atoms with Crippen molar-refractivity contribution >= 4 is 5.91 Å². The molecule has 0 aromatic rings. The Morgan fingerprint density at radius 3 is 2.43 bits per heavy atom. The van der Waals surface area contributed by atoms with Crippen molar-refractivity contribution in [1.82, 2.24) is 10.2 Å². The van der Waals surface area contributed by atoms with E-state index >= 15 is 0 Å². The van der Waals surface area contributed by atoms with Gasteiger partial charge in [0, 0.05) is 19.1 Å². The summed E-state index contributed by atoms with van der Waals surface area (Å²) >= 11 is 0. The summed E-state index contributed by atoms with van der Waals surface area (Å²) in [7, 11) is 0. The molecule has 1 aliphatic heterocycles. The van der Waals surface area contributed by atoms with E-state index in [1.807, 2.05) is 4.90 Å². The van der Waals surface area contributed by atoms with E-state index in [4.69, 9.17) is 0 Å². The average Bonchev–Trinajstić information content (AvgIpc) is 2.47. The molecule has 1 N–H and O–H groups in total. The molecule has 2 rings (SSSR count). The third kappa shape index (κ3) is 4.59. The first-order valence-corrected chi connectivity index (χ1v) is 7.99. The third-order valence-corrected chi connectivity index (χ3v) is 4.66. The molecule has 2 fully saturated rings. The first-order chi connectivity index (χ1) is 9.88. The predicted molar refractivity (Wildman–Crippen MR) is 74.8 cm³/mol. The molecule has 21 heavy (non-hydrogen) atoms. The Balaban J connectivity index is 1.84. The summed E-state index contributed by atoms with van der Waals surface area (Å²) in [6, 6.07) is -0.589. The van der Waals surface area contributed by atoms with Crippen molar-refractivity contribution in [2.24, 2.45) is 5.92 Å². The van der Waals surface area contributed by atoms with Gasteiger partial charge in [-0.15, -0.1) is 0 Å². The second kappa shape index (κ2) is 6.99. The van der Waals surface area contributed by atoms with Gasteiger partial charge in [0.15, 0.2) is 0 Å². The summed E-state index contributed by atoms with van der Waals surface area (Å²) in [4.78, 5) is 14.1. The first-order valence-electron chi connectivity index (χ1n) is 7.99. The van der Waals surface area contributed by atoms with Crippen molar-refractivity contribution in [3.63, 3.8) is 0 Å². The van der Waals surface area contributed by atoms with Gasteiger partial charge in [0.05, 0.1) is 12.0 Å². The number of amides is 1. The summed E-state index contributed by atoms with van der Waals surface area (Å²) in [6.07, 6.45) is 0.714. The minimum Gasteiger partial charge on any atom is -0.341 e. The zero-order valence-corrected chi connectivity index (χ0v) is 12.6. The Hall–Kier alpha value is -0.780. The van der Waals surface area contributed by atoms with Crippen molar-refractivity contribution in [1.29, 1.82) is 0 Å². The Morgan fingerprint density at radius 1 is 1.14 bits per heavy atom. The number of carbonyl (C=O) groups excluding carboxylic acids is 1. The van der Waals surface area contributed by atoms with E-state index in [9.17, 15) is 18.0 Å². The minimum atomic E-state index is -4.11. The molecule has 0 unspecified atom stereocenters. The van der Waals surface area contributed by atoms with Crippen molar-refractivity contribution < 1.29 is 18.0 Å². The van der Waals surface area contributed by atoms with Crippen LogP contribution >= 0.6 is 0 Å². The van der Waals surface area contributed by atoms with Gasteiger partial charge in [-0.05, 0) is 45.4 Å². The highest BCUT2D eigenvalue weighted by atomic mass is 19.4. The van der Waals surface area contributed by atoms with Crippen LogP contribution in [0.4, 0.5) is 13.2 Å². The lowest BCUT2D eigenvalue weighted by Gasteiger charge is -2.34. The third-order valence-electron chi connectivity index (χ3n) is 4.66. The number of carbonyl (C=O) groups is 1. The number of nitrogens with one attached hydrogen (secondary N) is 1. The lowest BCUT2D eigenvalue weighted by Crippen LogP contribution is -2.51. The molecule has 0 spiro atoms. The average molecular weight is 306 g/mol. The van der Waals surface area contributed by atoms with Gasteiger partial charge in [0.1, 0.15) is 0 Å². The number of rotatable bonds is 3. The van der Waals surface area contributed by atoms with Gasteiger partial charge in [-0.2, -0.15) is 13.2 Å². The van der Waals surface area contributed by atoms with Crippen LogP contribution in [0.25, 0.3) is 0 Å². The van der Waals surface area contributed by atoms with Gasteiger partial charge in [-0.3, -0.25) is 4.79 Å². The highest BCUT2D eigenvalue weighted by Gasteiger charge is 2.42. The second-order valence-corrected chi connectivity index (χ2v) is 6.38. The highest BCUT2D eigenvalue weighted by Crippen LogP contribution is 2.37. The zero-order chi connectivity index (χ0) is 15.5. The van der Waals surface area contributed by atoms with E-state index in [0.717, 1.165) is 38.8 Å². The van der Waals surface area contributed by atoms with E-state index in [1.54, 1.807) is 6.92 Å². The van der Waals surface area contributed by atoms with Crippen molar-refractivity contribution in [2.75, 3.05) is 13.1 Å². The van der Waals surface area contributed by atoms with Crippen molar-refractivity contribution in [3.8, 4) is 0 Å². The molecule has 1 saturated heterocycles. The predicted octanol–water partition coefficient (Wildman–Crippen LogP) is 3.10. The first kappa shape index (κ1) is 16.6. The summed E-state index contributed by atoms with van der Waals surface area (Å²) in [5, 5.41) is 3.13. The number of piperidine rings is 1. The number of nitrogens with zero attached hydrogens (tertiary/aromatic N) is 1. The number of hydrogen-bond acceptors (Lipinski definition) is 2. The molecule has 122 valence electrons. The van der Waals surface area contributed by atoms with E-state index in [2.05, 4.69) is 5.32 Å². The van der Waals surface area contributed by atoms with E-state index < -0.39 is 12.1 Å². The molecule has 1 saturated carbocycles. The zero-order valence-electron chi connectivity index (χ0n) is 12.6. The number of alkyl halides is 3. The molecule has 3 atom stereocenters. The van der Waals surface area contributed by atoms with Crippen LogP contribution in [0.5, 0.6) is 0 Å². The van der Waals surface area contributed by atoms with Crippen molar-refractivity contribution in [2.45, 2.75) is 70.1 Å². The van der Waals surface area contributed by atoms with Gasteiger partial charge < -0.3 is 10.2 Å². The fourth-order valence-corrected chi connectivity index (χ4v) is 3.45. The maximum Gasteiger partial charge on any atom is 0.391 e. The lowest BCUT2D eigenvalue weighted by atomic mass is 9.85. The van der Waals surface area contributed by atoms with Crippen LogP contribution in [-0.4, -0.2) is 42.2 Å². The quantitative estimate of drug-likeness (QED) is 0.869. The normalized spacial score (nSPS) is 29.2. The van der Waals surface area contributed by atoms with Crippen LogP contribution in [-0.2, 0) is 4.79 Å². The molecule has 0 bridgehead atoms. The second-order valence-electron chi connectivity index (χ2n) is 6.38. The Bertz CT molecular complexity index is 353. The van der Waals surface area contributed by atoms with Crippen LogP contribution in [0, 0.1) is 5.92 Å². The van der Waals surface area contributed by atoms with Gasteiger partial charge in [0.2, 0.25) is 5.91 Å². The molecule has 0 aromatic heterocycles. The van der Waals surface area contributed by atoms with Crippen LogP contribution in [0.3, 0.4) is 0 Å². The Morgan fingerprint density at radius 2 is 1.81 bits per heavy atom. The molecular weight excluding hydrogens is 281 g/mol. The molecule has 1 aliphatic carbocycles. The van der Waals surface area contributed by atoms with Crippen molar-refractivity contribution in [3.05, 3.63) is 0 Å². The van der Waals surface area contributed by atoms with Gasteiger partial charge in [-0.25, -0.2) is 0 Å². The maximum atomic E-state index is 12.8. The highest BCUT2D eigenvalue weighted by molar-refractivity contribution is 5.81. The van der Waals surface area contributed by atoms with Gasteiger partial charge >= 0.3 is 6.18 Å². The van der Waals surface area contributed by atoms with E-state index in [0.29, 0.717) is 6.42 Å². The Kier molecular flexibility index (Phi) is 5.52. The molecule has 2 aliphatic rings. The number of halogens is 3. The van der Waals surface area contributed by atoms with E-state index in [-0.39, 0.29) is 30.8 Å². The molecule has 1 heterocycles. The number of hydrogen-bond donors (Lipinski definition) is 1. The van der Waals surface area contributed by atoms with E-state index in [1.165, 1.54) is 0 Å². The number of likely N-dealkylation sites (tertiary alicyclic amines) is 1. The SMILES string of the molecule is C[C@H](N[C@@H]1CCC[C@@H](C(F)(F)F)C1)C(=O)N1CCCCC1. The molecule has 0 radical (unpaired) electrons. The summed E-state index contributed by atoms with van der Waals surface area (Å²) in [5.41, 5.74) is 0. The van der Waals surface area contributed by atoms with Crippen LogP contribution in [0.1, 0.15) is 51.9 Å². The topological polar surface area (TPSA) is 32.3 Å². The fraction of sp³-hybridized carbons (Fsp3) is 0.933. The Labute approximate surface area is 124 Å². The molecular formula is C15H25F3N2O. The lowest BCUT2D eigenvalue weighted by molar-refractivity contribution is -0.183. The smallest absolute Gasteiger partial charge is 0.341 e. The van der Waals surface area contributed by atoms with Crippen LogP contribution < -0.4 is 5.32 Å². The molecule has 6 heteroatoms. The van der Waals surface area contributed by atoms with Crippen LogP contribution in [0.15, 0.2) is 0 Å². The van der Waals surface area contributed by atoms with Crippen LogP contribution in [0.2, 0.25) is 0 Å². The van der Waals surface area contributed by atoms with Gasteiger partial charge in [-0.1, -0.05) is 6.42 Å². The summed E-state index contributed by atoms with van der Waals surface area (Å²) < 4.78 is 38.4. The molecule has 0 aromatic carbocycles.